The quantitative estimate of drug-likeness (QED) is 0.155. The number of carboxylic acids is 1. The molecule has 2 aromatic carbocycles. The van der Waals surface area contributed by atoms with E-state index in [0.29, 0.717) is 0 Å². The molecule has 0 saturated carbocycles. The van der Waals surface area contributed by atoms with Crippen LogP contribution in [0.25, 0.3) is 0 Å². The molecule has 0 amide bonds. The zero-order valence-electron chi connectivity index (χ0n) is 23.4. The van der Waals surface area contributed by atoms with Gasteiger partial charge in [-0.1, -0.05) is 0 Å². The summed E-state index contributed by atoms with van der Waals surface area (Å²) >= 11 is 0. The monoisotopic (exact) mass is 640 g/mol. The van der Waals surface area contributed by atoms with Gasteiger partial charge in [-0.05, 0) is 60.7 Å². The van der Waals surface area contributed by atoms with Crippen molar-refractivity contribution >= 4 is 11.9 Å². The lowest BCUT2D eigenvalue weighted by molar-refractivity contribution is -0.142. The van der Waals surface area contributed by atoms with Gasteiger partial charge in [0, 0.05) is 0 Å². The molecule has 0 aliphatic rings. The van der Waals surface area contributed by atoms with Crippen molar-refractivity contribution in [3.05, 3.63) is 95.6 Å². The molecule has 4 rings (SSSR count). The Bertz CT molecular complexity index is 1630. The van der Waals surface area contributed by atoms with Crippen LogP contribution in [0, 0.1) is 0 Å². The van der Waals surface area contributed by atoms with Gasteiger partial charge in [0.25, 0.3) is 0 Å². The summed E-state index contributed by atoms with van der Waals surface area (Å²) in [4.78, 5) is 28.9. The van der Waals surface area contributed by atoms with Crippen molar-refractivity contribution in [3.8, 4) is 34.5 Å². The third-order valence-electron chi connectivity index (χ3n) is 5.50. The average Bonchev–Trinajstić information content (AvgIpc) is 3.01. The summed E-state index contributed by atoms with van der Waals surface area (Å²) in [5.41, 5.74) is -1.80. The molecular weight excluding hydrogens is 618 g/mol. The van der Waals surface area contributed by atoms with Gasteiger partial charge in [-0.25, -0.2) is 19.6 Å². The lowest BCUT2D eigenvalue weighted by atomic mass is 10.2. The maximum absolute atomic E-state index is 12.5. The van der Waals surface area contributed by atoms with Gasteiger partial charge >= 0.3 is 24.3 Å². The highest BCUT2D eigenvalue weighted by atomic mass is 19.4. The number of ether oxygens (including phenoxy) is 5. The number of hydrogen-bond acceptors (Lipinski definition) is 9. The highest BCUT2D eigenvalue weighted by molar-refractivity contribution is 5.90. The molecule has 0 radical (unpaired) electrons. The third kappa shape index (κ3) is 9.22. The summed E-state index contributed by atoms with van der Waals surface area (Å²) in [7, 11) is 3.93. The van der Waals surface area contributed by atoms with E-state index in [0.717, 1.165) is 36.7 Å². The number of esters is 1. The molecule has 0 aliphatic carbocycles. The Balaban J connectivity index is 0.000000246. The fourth-order valence-electron chi connectivity index (χ4n) is 3.35. The minimum absolute atomic E-state index is 0.00487. The predicted octanol–water partition coefficient (Wildman–Crippen LogP) is 7.29. The van der Waals surface area contributed by atoms with Crippen LogP contribution >= 0.6 is 0 Å². The number of nitrogens with zero attached hydrogens (tertiary/aromatic N) is 2. The number of carbonyl (C=O) groups is 2. The molecule has 0 saturated heterocycles. The van der Waals surface area contributed by atoms with Gasteiger partial charge < -0.3 is 28.8 Å². The van der Waals surface area contributed by atoms with E-state index in [1.807, 2.05) is 0 Å². The molecule has 2 aromatic heterocycles. The van der Waals surface area contributed by atoms with E-state index >= 15 is 0 Å². The van der Waals surface area contributed by atoms with Crippen LogP contribution in [0.15, 0.2) is 73.1 Å². The fraction of sp³-hybridized carbons (Fsp3) is 0.172. The second kappa shape index (κ2) is 14.3. The number of carbonyl (C=O) groups excluding carboxylic acids is 1. The first-order chi connectivity index (χ1) is 21.2. The Hall–Kier alpha value is -5.54. The smallest absolute Gasteiger partial charge is 0.433 e. The Morgan fingerprint density at radius 2 is 1.04 bits per heavy atom. The Kier molecular flexibility index (Phi) is 10.8. The first-order valence-corrected chi connectivity index (χ1v) is 12.3. The SMILES string of the molecule is COC(=O)c1ccc(Oc2ccc(C(F)(F)F)nc2)c(OC)c1.COc1cc(C(=O)O)ccc1Oc1ccc(C(F)(F)F)nc1. The number of alkyl halides is 6. The summed E-state index contributed by atoms with van der Waals surface area (Å²) in [5, 5.41) is 8.88. The number of hydrogen-bond donors (Lipinski definition) is 1. The molecular formula is C29H22F6N2O8. The molecule has 0 aliphatic heterocycles. The van der Waals surface area contributed by atoms with Crippen molar-refractivity contribution in [3.63, 3.8) is 0 Å². The Morgan fingerprint density at radius 1 is 0.622 bits per heavy atom. The molecule has 0 atom stereocenters. The van der Waals surface area contributed by atoms with Crippen molar-refractivity contribution in [2.75, 3.05) is 21.3 Å². The van der Waals surface area contributed by atoms with Crippen LogP contribution in [-0.4, -0.2) is 48.3 Å². The molecule has 1 N–H and O–H groups in total. The molecule has 0 spiro atoms. The highest BCUT2D eigenvalue weighted by Crippen LogP contribution is 2.35. The van der Waals surface area contributed by atoms with E-state index in [-0.39, 0.29) is 45.6 Å². The van der Waals surface area contributed by atoms with Gasteiger partial charge in [-0.15, -0.1) is 0 Å². The second-order valence-electron chi connectivity index (χ2n) is 8.49. The van der Waals surface area contributed by atoms with E-state index in [1.54, 1.807) is 0 Å². The van der Waals surface area contributed by atoms with Crippen LogP contribution in [0.3, 0.4) is 0 Å². The summed E-state index contributed by atoms with van der Waals surface area (Å²) in [6.45, 7) is 0. The first-order valence-electron chi connectivity index (χ1n) is 12.3. The number of carboxylic acid groups (broad SMARTS) is 1. The molecule has 2 heterocycles. The van der Waals surface area contributed by atoms with Crippen LogP contribution in [0.4, 0.5) is 26.3 Å². The zero-order valence-corrected chi connectivity index (χ0v) is 23.4. The van der Waals surface area contributed by atoms with E-state index in [9.17, 15) is 35.9 Å². The number of rotatable bonds is 8. The third-order valence-corrected chi connectivity index (χ3v) is 5.50. The first kappa shape index (κ1) is 34.0. The molecule has 10 nitrogen and oxygen atoms in total. The maximum atomic E-state index is 12.5. The number of aromatic nitrogens is 2. The lowest BCUT2D eigenvalue weighted by Crippen LogP contribution is -2.07. The molecule has 0 unspecified atom stereocenters. The number of benzene rings is 2. The van der Waals surface area contributed by atoms with Gasteiger partial charge in [0.1, 0.15) is 22.9 Å². The fourth-order valence-corrected chi connectivity index (χ4v) is 3.35. The number of methoxy groups -OCH3 is 3. The zero-order chi connectivity index (χ0) is 33.4. The summed E-state index contributed by atoms with van der Waals surface area (Å²) in [6, 6.07) is 12.0. The number of halogens is 6. The molecule has 0 bridgehead atoms. The standard InChI is InChI=1S/C15H12F3NO4.C14H10F3NO4/c1-21-12-7-9(14(20)22-2)3-5-11(12)23-10-4-6-13(19-8-10)15(16,17)18;1-21-11-6-8(13(19)20)2-4-10(11)22-9-3-5-12(18-7-9)14(15,16)17/h3-8H,1-2H3;2-7H,1H3,(H,19,20). The van der Waals surface area contributed by atoms with Gasteiger partial charge in [0.15, 0.2) is 23.0 Å². The second-order valence-corrected chi connectivity index (χ2v) is 8.49. The van der Waals surface area contributed by atoms with Crippen LogP contribution < -0.4 is 18.9 Å². The van der Waals surface area contributed by atoms with E-state index < -0.39 is 35.7 Å². The van der Waals surface area contributed by atoms with Crippen LogP contribution in [0.1, 0.15) is 32.1 Å². The molecule has 16 heteroatoms. The van der Waals surface area contributed by atoms with Gasteiger partial charge in [-0.3, -0.25) is 0 Å². The number of aromatic carboxylic acids is 1. The largest absolute Gasteiger partial charge is 0.493 e. The summed E-state index contributed by atoms with van der Waals surface area (Å²) < 4.78 is 100. The van der Waals surface area contributed by atoms with Gasteiger partial charge in [-0.2, -0.15) is 26.3 Å². The Morgan fingerprint density at radius 3 is 1.38 bits per heavy atom. The summed E-state index contributed by atoms with van der Waals surface area (Å²) in [6.07, 6.45) is -7.17. The van der Waals surface area contributed by atoms with Gasteiger partial charge in [0.05, 0.1) is 44.8 Å². The highest BCUT2D eigenvalue weighted by Gasteiger charge is 2.33. The van der Waals surface area contributed by atoms with E-state index in [4.69, 9.17) is 24.1 Å². The molecule has 4 aromatic rings. The van der Waals surface area contributed by atoms with E-state index in [2.05, 4.69) is 14.7 Å². The van der Waals surface area contributed by atoms with E-state index in [1.165, 1.54) is 57.7 Å². The summed E-state index contributed by atoms with van der Waals surface area (Å²) in [5.74, 6) is -0.771. The molecule has 238 valence electrons. The average molecular weight is 640 g/mol. The van der Waals surface area contributed by atoms with Gasteiger partial charge in [0.2, 0.25) is 0 Å². The Labute approximate surface area is 250 Å². The topological polar surface area (TPSA) is 126 Å². The predicted molar refractivity (Wildman–Crippen MR) is 143 cm³/mol. The van der Waals surface area contributed by atoms with Crippen LogP contribution in [0.2, 0.25) is 0 Å². The van der Waals surface area contributed by atoms with Crippen molar-refractivity contribution < 1.29 is 64.7 Å². The van der Waals surface area contributed by atoms with Crippen molar-refractivity contribution in [1.29, 1.82) is 0 Å². The lowest BCUT2D eigenvalue weighted by Gasteiger charge is -2.12. The number of pyridine rings is 2. The maximum Gasteiger partial charge on any atom is 0.433 e. The van der Waals surface area contributed by atoms with Crippen molar-refractivity contribution in [1.82, 2.24) is 9.97 Å². The minimum atomic E-state index is -4.53. The molecule has 45 heavy (non-hydrogen) atoms. The van der Waals surface area contributed by atoms with Crippen molar-refractivity contribution in [2.24, 2.45) is 0 Å². The molecule has 0 fully saturated rings. The normalized spacial score (nSPS) is 11.0. The van der Waals surface area contributed by atoms with Crippen LogP contribution in [0.5, 0.6) is 34.5 Å². The van der Waals surface area contributed by atoms with Crippen molar-refractivity contribution in [2.45, 2.75) is 12.4 Å². The van der Waals surface area contributed by atoms with Crippen LogP contribution in [-0.2, 0) is 17.1 Å². The minimum Gasteiger partial charge on any atom is -0.493 e.